The van der Waals surface area contributed by atoms with Crippen molar-refractivity contribution in [1.82, 2.24) is 37.2 Å². The Hall–Kier alpha value is -9.24. The van der Waals surface area contributed by atoms with Gasteiger partial charge in [0.15, 0.2) is 0 Å². The van der Waals surface area contributed by atoms with Crippen LogP contribution in [0.4, 0.5) is 0 Å². The lowest BCUT2D eigenvalue weighted by Crippen LogP contribution is -2.32. The van der Waals surface area contributed by atoms with E-state index in [-0.39, 0.29) is 57.7 Å². The Balaban J connectivity index is 1.07. The Morgan fingerprint density at radius 1 is 0.160 bits per heavy atom. The molecule has 119 heavy (non-hydrogen) atoms. The molecule has 0 aromatic heterocycles. The van der Waals surface area contributed by atoms with Gasteiger partial charge in [0.1, 0.15) is 0 Å². The fourth-order valence-corrected chi connectivity index (χ4v) is 18.2. The third kappa shape index (κ3) is 24.5. The lowest BCUT2D eigenvalue weighted by Gasteiger charge is -2.21. The summed E-state index contributed by atoms with van der Waals surface area (Å²) in [5.74, 6) is -3.35. The van der Waals surface area contributed by atoms with Crippen LogP contribution in [0.5, 0.6) is 0 Å². The largest absolute Gasteiger partial charge is 0.352 e. The van der Waals surface area contributed by atoms with Crippen LogP contribution in [0, 0.1) is 0 Å². The maximum atomic E-state index is 15.9. The summed E-state index contributed by atoms with van der Waals surface area (Å²) < 4.78 is 0. The Kier molecular flexibility index (Phi) is 38.3. The number of hydrogen-bond acceptors (Lipinski definition) is 8. The molecule has 0 spiro atoms. The van der Waals surface area contributed by atoms with Gasteiger partial charge in [-0.25, -0.2) is 0 Å². The molecule has 10 rings (SSSR count). The maximum Gasteiger partial charge on any atom is 0.258 e. The maximum absolute atomic E-state index is 15.9. The van der Waals surface area contributed by atoms with Crippen molar-refractivity contribution in [1.29, 1.82) is 0 Å². The first-order valence-electron chi connectivity index (χ1n) is 47.3. The number of fused-ring (bicyclic) bond motifs is 4. The fraction of sp³-hybridized carbons (Fsp3) is 0.538. The molecule has 0 aliphatic carbocycles. The molecule has 7 N–H and O–H groups in total. The van der Waals surface area contributed by atoms with Crippen LogP contribution in [0.3, 0.4) is 0 Å². The standard InChI is InChI=1S/C104H141N7O8/c1-7-13-19-25-31-37-43-49-71-109-101(116)85-63-55-77-73-51-59-81(97(112)105-67-45-39-33-27-21-15-9-3)93-83(99(114)107-69-47-41-35-29-23-17-11-5)61-53-75(89(73)93)79-57-65-87(95(85)91(77)79)103(118)111-104(119)88-66-58-80-76-54-62-84(100(115)108-70-48-42-36-30-24-18-12-6)94-82(98(113)106-68-46-40-34-28-22-16-10-4)60-52-74(90(76)94)78-56-64-86(96(88)92(78)80)102(117)110-72-50-44-38-32-26-20-14-8-2/h51-66H,7-50,67-72H2,1-6H3,(H,105,112)(H,106,113)(H,107,114)(H,108,115)(H,109,116)(H,110,117)(H,111,118,119). The van der Waals surface area contributed by atoms with E-state index >= 15 is 19.2 Å². The van der Waals surface area contributed by atoms with E-state index in [1.54, 1.807) is 48.5 Å². The summed E-state index contributed by atoms with van der Waals surface area (Å²) in [6, 6.07) is 29.3. The Morgan fingerprint density at radius 3 is 0.429 bits per heavy atom. The van der Waals surface area contributed by atoms with E-state index in [9.17, 15) is 19.2 Å². The summed E-state index contributed by atoms with van der Waals surface area (Å²) in [4.78, 5) is 121. The van der Waals surface area contributed by atoms with Gasteiger partial charge in [-0.2, -0.15) is 0 Å². The summed E-state index contributed by atoms with van der Waals surface area (Å²) in [5, 5.41) is 32.2. The summed E-state index contributed by atoms with van der Waals surface area (Å²) in [6.45, 7) is 16.1. The van der Waals surface area contributed by atoms with Crippen LogP contribution in [0.25, 0.3) is 86.2 Å². The lowest BCUT2D eigenvalue weighted by molar-refractivity contribution is 0.0846. The Labute approximate surface area is 709 Å². The van der Waals surface area contributed by atoms with Crippen molar-refractivity contribution in [3.8, 4) is 0 Å². The molecular formula is C104H141N7O8. The van der Waals surface area contributed by atoms with Crippen molar-refractivity contribution < 1.29 is 38.4 Å². The summed E-state index contributed by atoms with van der Waals surface area (Å²) in [5.41, 5.74) is 2.19. The summed E-state index contributed by atoms with van der Waals surface area (Å²) in [7, 11) is 0. The van der Waals surface area contributed by atoms with Gasteiger partial charge in [0, 0.05) is 105 Å². The van der Waals surface area contributed by atoms with E-state index in [1.807, 2.05) is 48.5 Å². The van der Waals surface area contributed by atoms with Gasteiger partial charge in [-0.15, -0.1) is 0 Å². The van der Waals surface area contributed by atoms with Crippen LogP contribution < -0.4 is 37.2 Å². The molecular weight excluding hydrogens is 1480 g/mol. The number of benzene rings is 10. The second kappa shape index (κ2) is 49.5. The summed E-state index contributed by atoms with van der Waals surface area (Å²) >= 11 is 0. The van der Waals surface area contributed by atoms with Crippen LogP contribution in [-0.2, 0) is 0 Å². The first kappa shape index (κ1) is 92.1. The highest BCUT2D eigenvalue weighted by molar-refractivity contribution is 6.41. The molecule has 10 aromatic carbocycles. The average Bonchev–Trinajstić information content (AvgIpc) is 0.706. The van der Waals surface area contributed by atoms with Crippen LogP contribution in [0.1, 0.15) is 407 Å². The van der Waals surface area contributed by atoms with Crippen molar-refractivity contribution in [3.05, 3.63) is 142 Å². The minimum Gasteiger partial charge on any atom is -0.352 e. The van der Waals surface area contributed by atoms with Gasteiger partial charge >= 0.3 is 0 Å². The van der Waals surface area contributed by atoms with E-state index in [0.29, 0.717) is 126 Å². The predicted octanol–water partition coefficient (Wildman–Crippen LogP) is 26.0. The van der Waals surface area contributed by atoms with Crippen molar-refractivity contribution in [3.63, 3.8) is 0 Å². The Bertz CT molecular complexity index is 4500. The Morgan fingerprint density at radius 2 is 0.286 bits per heavy atom. The number of carbonyl (C=O) groups is 8. The topological polar surface area (TPSA) is 221 Å². The van der Waals surface area contributed by atoms with Crippen molar-refractivity contribution in [2.45, 2.75) is 324 Å². The summed E-state index contributed by atoms with van der Waals surface area (Å²) in [6.07, 6.45) is 48.2. The minimum atomic E-state index is -0.764. The molecule has 8 amide bonds. The zero-order chi connectivity index (χ0) is 84.1. The van der Waals surface area contributed by atoms with Gasteiger partial charge in [0.05, 0.1) is 0 Å². The van der Waals surface area contributed by atoms with Crippen LogP contribution >= 0.6 is 0 Å². The van der Waals surface area contributed by atoms with E-state index in [4.69, 9.17) is 0 Å². The number of amides is 8. The van der Waals surface area contributed by atoms with Crippen LogP contribution in [0.2, 0.25) is 0 Å². The molecule has 0 aliphatic heterocycles. The number of carbonyl (C=O) groups excluding carboxylic acids is 8. The molecule has 10 aromatic rings. The van der Waals surface area contributed by atoms with Gasteiger partial charge in [0.2, 0.25) is 0 Å². The highest BCUT2D eigenvalue weighted by Crippen LogP contribution is 2.47. The first-order valence-corrected chi connectivity index (χ1v) is 47.3. The molecule has 0 atom stereocenters. The van der Waals surface area contributed by atoms with E-state index in [2.05, 4.69) is 78.8 Å². The number of imide groups is 1. The van der Waals surface area contributed by atoms with Gasteiger partial charge in [0.25, 0.3) is 47.3 Å². The number of rotatable bonds is 58. The molecule has 0 aliphatic rings. The molecule has 0 radical (unpaired) electrons. The quantitative estimate of drug-likeness (QED) is 0.00839. The lowest BCUT2D eigenvalue weighted by atomic mass is 9.83. The molecule has 0 unspecified atom stereocenters. The molecule has 0 fully saturated rings. The smallest absolute Gasteiger partial charge is 0.258 e. The van der Waals surface area contributed by atoms with Gasteiger partial charge in [-0.05, 0) is 152 Å². The molecule has 640 valence electrons. The normalized spacial score (nSPS) is 11.7. The SMILES string of the molecule is CCCCCCCCCCNC(=O)c1ccc2c3ccc(C(=O)NCCCCCCCCC)c4c(C(=O)NCCCCCCCCC)ccc(c5ccc(C(=O)NC(=O)c6ccc7c8ccc(C(=O)NCCCCCCCCC)c9c(C(=O)NCCCCCCCCC)ccc(c%10ccc(C(=O)NCCCCCCCCCC)c6c%107)c98)c1c25)c43. The fourth-order valence-electron chi connectivity index (χ4n) is 18.2. The van der Waals surface area contributed by atoms with Gasteiger partial charge < -0.3 is 31.9 Å². The zero-order valence-corrected chi connectivity index (χ0v) is 73.4. The van der Waals surface area contributed by atoms with Gasteiger partial charge in [-0.1, -0.05) is 334 Å². The van der Waals surface area contributed by atoms with Crippen molar-refractivity contribution >= 4 is 133 Å². The molecule has 15 heteroatoms. The van der Waals surface area contributed by atoms with Crippen molar-refractivity contribution in [2.24, 2.45) is 0 Å². The molecule has 0 heterocycles. The first-order chi connectivity index (χ1) is 58.3. The van der Waals surface area contributed by atoms with E-state index in [1.165, 1.54) is 128 Å². The second-order valence-electron chi connectivity index (χ2n) is 34.0. The molecule has 0 saturated carbocycles. The molecule has 15 nitrogen and oxygen atoms in total. The van der Waals surface area contributed by atoms with Gasteiger partial charge in [-0.3, -0.25) is 43.7 Å². The second-order valence-corrected chi connectivity index (χ2v) is 34.0. The van der Waals surface area contributed by atoms with Crippen LogP contribution in [-0.4, -0.2) is 86.5 Å². The monoisotopic (exact) mass is 1620 g/mol. The third-order valence-electron chi connectivity index (χ3n) is 24.9. The molecule has 0 saturated heterocycles. The average molecular weight is 1620 g/mol. The zero-order valence-electron chi connectivity index (χ0n) is 73.4. The number of hydrogen-bond donors (Lipinski definition) is 7. The van der Waals surface area contributed by atoms with Crippen LogP contribution in [0.15, 0.2) is 97.1 Å². The number of nitrogens with one attached hydrogen (secondary N) is 7. The molecule has 0 bridgehead atoms. The highest BCUT2D eigenvalue weighted by atomic mass is 16.2. The van der Waals surface area contributed by atoms with E-state index in [0.717, 1.165) is 176 Å². The minimum absolute atomic E-state index is 0.0785. The number of unbranched alkanes of at least 4 members (excludes halogenated alkanes) is 38. The van der Waals surface area contributed by atoms with Crippen molar-refractivity contribution in [2.75, 3.05) is 39.3 Å². The highest BCUT2D eigenvalue weighted by Gasteiger charge is 2.31. The van der Waals surface area contributed by atoms with E-state index < -0.39 is 11.8 Å². The predicted molar refractivity (Wildman–Crippen MR) is 498 cm³/mol. The third-order valence-corrected chi connectivity index (χ3v) is 24.9.